The van der Waals surface area contributed by atoms with Crippen LogP contribution in [0.25, 0.3) is 0 Å². The molecule has 0 aliphatic heterocycles. The average Bonchev–Trinajstić information content (AvgIpc) is 2.95. The van der Waals surface area contributed by atoms with E-state index in [4.69, 9.17) is 4.74 Å². The van der Waals surface area contributed by atoms with E-state index in [0.29, 0.717) is 12.5 Å². The van der Waals surface area contributed by atoms with Crippen LogP contribution >= 0.6 is 24.0 Å². The molecule has 1 aromatic heterocycles. The molecule has 0 radical (unpaired) electrons. The van der Waals surface area contributed by atoms with Gasteiger partial charge in [-0.3, -0.25) is 4.99 Å². The van der Waals surface area contributed by atoms with E-state index in [1.165, 1.54) is 0 Å². The number of guanidine groups is 1. The lowest BCUT2D eigenvalue weighted by Gasteiger charge is -2.27. The molecule has 1 rings (SSSR count). The third kappa shape index (κ3) is 11.2. The van der Waals surface area contributed by atoms with Gasteiger partial charge in [0.05, 0.1) is 18.4 Å². The van der Waals surface area contributed by atoms with Crippen LogP contribution in [0.1, 0.15) is 41.5 Å². The molecule has 0 bridgehead atoms. The lowest BCUT2D eigenvalue weighted by molar-refractivity contribution is 0.0476. The Kier molecular flexibility index (Phi) is 10.6. The van der Waals surface area contributed by atoms with Gasteiger partial charge in [0.15, 0.2) is 5.96 Å². The first-order valence-corrected chi connectivity index (χ1v) is 8.60. The summed E-state index contributed by atoms with van der Waals surface area (Å²) < 4.78 is 7.29. The third-order valence-corrected chi connectivity index (χ3v) is 3.04. The molecule has 3 N–H and O–H groups in total. The number of rotatable bonds is 7. The number of aliphatic imine (C=N–C) groups is 1. The third-order valence-electron chi connectivity index (χ3n) is 3.04. The Bertz CT molecular complexity index is 552. The van der Waals surface area contributed by atoms with Gasteiger partial charge in [-0.1, -0.05) is 0 Å². The van der Waals surface area contributed by atoms with Crippen LogP contribution in [0.3, 0.4) is 0 Å². The van der Waals surface area contributed by atoms with Crippen molar-refractivity contribution in [1.29, 1.82) is 0 Å². The molecule has 8 nitrogen and oxygen atoms in total. The summed E-state index contributed by atoms with van der Waals surface area (Å²) in [6.45, 7) is 14.1. The summed E-state index contributed by atoms with van der Waals surface area (Å²) in [7, 11) is 0. The highest BCUT2D eigenvalue weighted by atomic mass is 127. The van der Waals surface area contributed by atoms with Crippen molar-refractivity contribution in [2.75, 3.05) is 19.6 Å². The molecule has 0 atom stereocenters. The van der Waals surface area contributed by atoms with Crippen molar-refractivity contribution in [3.63, 3.8) is 0 Å². The molecule has 0 unspecified atom stereocenters. The molecular formula is C17H33IN6O2. The smallest absolute Gasteiger partial charge is 0.408 e. The van der Waals surface area contributed by atoms with Gasteiger partial charge in [-0.25, -0.2) is 9.78 Å². The first-order valence-electron chi connectivity index (χ1n) is 8.60. The second-order valence-corrected chi connectivity index (χ2v) is 7.43. The van der Waals surface area contributed by atoms with Crippen LogP contribution in [0.15, 0.2) is 23.7 Å². The Balaban J connectivity index is 0.00000625. The van der Waals surface area contributed by atoms with E-state index in [1.54, 1.807) is 12.5 Å². The van der Waals surface area contributed by atoms with Crippen LogP contribution in [-0.2, 0) is 11.3 Å². The second kappa shape index (κ2) is 11.2. The molecular weight excluding hydrogens is 447 g/mol. The SMILES string of the molecule is CCNC(=NCC(C)(C)NC(=O)OC(C)(C)C)NCCn1ccnc1.I. The number of halogens is 1. The molecule has 0 saturated carbocycles. The number of hydrogen-bond donors (Lipinski definition) is 3. The van der Waals surface area contributed by atoms with Gasteiger partial charge in [0.1, 0.15) is 5.60 Å². The Hall–Kier alpha value is -1.52. The van der Waals surface area contributed by atoms with Crippen molar-refractivity contribution in [3.05, 3.63) is 18.7 Å². The normalized spacial score (nSPS) is 12.2. The minimum Gasteiger partial charge on any atom is -0.444 e. The van der Waals surface area contributed by atoms with Crippen molar-refractivity contribution in [3.8, 4) is 0 Å². The lowest BCUT2D eigenvalue weighted by Crippen LogP contribution is -2.49. The predicted molar refractivity (Wildman–Crippen MR) is 115 cm³/mol. The molecule has 0 spiro atoms. The van der Waals surface area contributed by atoms with Gasteiger partial charge in [0.2, 0.25) is 0 Å². The standard InChI is InChI=1S/C17H32N6O2.HI/c1-7-19-14(20-9-11-23-10-8-18-13-23)21-12-17(5,6)22-15(24)25-16(2,3)4;/h8,10,13H,7,9,11-12H2,1-6H3,(H,22,24)(H2,19,20,21);1H. The summed E-state index contributed by atoms with van der Waals surface area (Å²) >= 11 is 0. The number of carbonyl (C=O) groups is 1. The van der Waals surface area contributed by atoms with E-state index >= 15 is 0 Å². The summed E-state index contributed by atoms with van der Waals surface area (Å²) in [6.07, 6.45) is 5.01. The Morgan fingerprint density at radius 3 is 2.46 bits per heavy atom. The maximum atomic E-state index is 11.9. The van der Waals surface area contributed by atoms with Gasteiger partial charge < -0.3 is 25.3 Å². The first-order chi connectivity index (χ1) is 11.6. The van der Waals surface area contributed by atoms with Gasteiger partial charge in [-0.2, -0.15) is 0 Å². The fraction of sp³-hybridized carbons (Fsp3) is 0.706. The van der Waals surface area contributed by atoms with Crippen molar-refractivity contribution < 1.29 is 9.53 Å². The zero-order valence-corrected chi connectivity index (χ0v) is 19.0. The summed E-state index contributed by atoms with van der Waals surface area (Å²) in [5.74, 6) is 0.710. The highest BCUT2D eigenvalue weighted by Crippen LogP contribution is 2.09. The average molecular weight is 480 g/mol. The number of ether oxygens (including phenoxy) is 1. The van der Waals surface area contributed by atoms with Gasteiger partial charge in [-0.05, 0) is 41.5 Å². The largest absolute Gasteiger partial charge is 0.444 e. The summed E-state index contributed by atoms with van der Waals surface area (Å²) in [4.78, 5) is 20.5. The number of hydrogen-bond acceptors (Lipinski definition) is 4. The summed E-state index contributed by atoms with van der Waals surface area (Å²) in [6, 6.07) is 0. The molecule has 0 aromatic carbocycles. The number of imidazole rings is 1. The number of nitrogens with one attached hydrogen (secondary N) is 3. The number of carbonyl (C=O) groups excluding carboxylic acids is 1. The van der Waals surface area contributed by atoms with Crippen molar-refractivity contribution >= 4 is 36.0 Å². The monoisotopic (exact) mass is 480 g/mol. The van der Waals surface area contributed by atoms with Gasteiger partial charge in [-0.15, -0.1) is 24.0 Å². The second-order valence-electron chi connectivity index (χ2n) is 7.43. The molecule has 0 aliphatic carbocycles. The molecule has 0 aliphatic rings. The van der Waals surface area contributed by atoms with E-state index < -0.39 is 17.2 Å². The Labute approximate surface area is 173 Å². The van der Waals surface area contributed by atoms with E-state index in [-0.39, 0.29) is 24.0 Å². The molecule has 0 fully saturated rings. The zero-order valence-electron chi connectivity index (χ0n) is 16.6. The number of alkyl carbamates (subject to hydrolysis) is 1. The molecule has 1 heterocycles. The first kappa shape index (κ1) is 24.5. The van der Waals surface area contributed by atoms with Gasteiger partial charge in [0, 0.05) is 32.0 Å². The van der Waals surface area contributed by atoms with Crippen LogP contribution < -0.4 is 16.0 Å². The predicted octanol–water partition coefficient (Wildman–Crippen LogP) is 2.36. The van der Waals surface area contributed by atoms with Crippen molar-refractivity contribution in [2.45, 2.75) is 59.2 Å². The van der Waals surface area contributed by atoms with Gasteiger partial charge >= 0.3 is 6.09 Å². The highest BCUT2D eigenvalue weighted by Gasteiger charge is 2.24. The Morgan fingerprint density at radius 1 is 1.23 bits per heavy atom. The topological polar surface area (TPSA) is 92.6 Å². The van der Waals surface area contributed by atoms with E-state index in [0.717, 1.165) is 19.6 Å². The maximum Gasteiger partial charge on any atom is 0.408 e. The number of amides is 1. The Morgan fingerprint density at radius 2 is 1.92 bits per heavy atom. The molecule has 26 heavy (non-hydrogen) atoms. The van der Waals surface area contributed by atoms with Crippen LogP contribution in [-0.4, -0.2) is 52.4 Å². The summed E-state index contributed by atoms with van der Waals surface area (Å²) in [5.41, 5.74) is -1.04. The lowest BCUT2D eigenvalue weighted by atomic mass is 10.1. The van der Waals surface area contributed by atoms with Crippen molar-refractivity contribution in [1.82, 2.24) is 25.5 Å². The van der Waals surface area contributed by atoms with E-state index in [2.05, 4.69) is 25.9 Å². The number of aromatic nitrogens is 2. The molecule has 1 amide bonds. The maximum absolute atomic E-state index is 11.9. The number of nitrogens with zero attached hydrogens (tertiary/aromatic N) is 3. The highest BCUT2D eigenvalue weighted by molar-refractivity contribution is 14.0. The van der Waals surface area contributed by atoms with Crippen LogP contribution in [0.5, 0.6) is 0 Å². The fourth-order valence-electron chi connectivity index (χ4n) is 1.96. The van der Waals surface area contributed by atoms with Crippen LogP contribution in [0.4, 0.5) is 4.79 Å². The molecule has 1 aromatic rings. The minimum atomic E-state index is -0.521. The molecule has 0 saturated heterocycles. The van der Waals surface area contributed by atoms with Crippen LogP contribution in [0, 0.1) is 0 Å². The fourth-order valence-corrected chi connectivity index (χ4v) is 1.96. The van der Waals surface area contributed by atoms with Crippen LogP contribution in [0.2, 0.25) is 0 Å². The van der Waals surface area contributed by atoms with E-state index in [9.17, 15) is 4.79 Å². The summed E-state index contributed by atoms with van der Waals surface area (Å²) in [5, 5.41) is 9.32. The minimum absolute atomic E-state index is 0. The zero-order chi connectivity index (χ0) is 18.9. The van der Waals surface area contributed by atoms with E-state index in [1.807, 2.05) is 52.3 Å². The van der Waals surface area contributed by atoms with Crippen molar-refractivity contribution in [2.24, 2.45) is 4.99 Å². The van der Waals surface area contributed by atoms with Gasteiger partial charge in [0.25, 0.3) is 0 Å². The quantitative estimate of drug-likeness (QED) is 0.317. The molecule has 150 valence electrons. The molecule has 9 heteroatoms.